The predicted molar refractivity (Wildman–Crippen MR) is 130 cm³/mol. The number of thioether (sulfide) groups is 1. The molecule has 0 unspecified atom stereocenters. The summed E-state index contributed by atoms with van der Waals surface area (Å²) in [6.45, 7) is -0.397. The fraction of sp³-hybridized carbons (Fsp3) is 0.0769. The van der Waals surface area contributed by atoms with Crippen molar-refractivity contribution < 1.29 is 23.5 Å². The number of ether oxygens (including phenoxy) is 1. The molecule has 0 bridgehead atoms. The standard InChI is InChI=1S/C26H18FN3O4S/c27-20-10-4-5-11-21(20)29-24(31)15-30-25(32)23(35-26(30)33)13-17-7-3-6-12-22(17)34-16-19-9-2-1-8-18(19)14-28/h1-13H,15-16H2,(H,29,31)/b23-13-. The molecule has 1 heterocycles. The highest BCUT2D eigenvalue weighted by Gasteiger charge is 2.36. The summed E-state index contributed by atoms with van der Waals surface area (Å²) in [5.41, 5.74) is 1.73. The molecule has 1 saturated heterocycles. The first-order valence-corrected chi connectivity index (χ1v) is 11.3. The molecule has 1 N–H and O–H groups in total. The molecule has 4 rings (SSSR count). The minimum atomic E-state index is -0.696. The largest absolute Gasteiger partial charge is 0.488 e. The molecule has 174 valence electrons. The number of carbonyl (C=O) groups is 3. The van der Waals surface area contributed by atoms with E-state index in [1.54, 1.807) is 48.5 Å². The van der Waals surface area contributed by atoms with Gasteiger partial charge in [0.25, 0.3) is 11.1 Å². The molecule has 0 spiro atoms. The van der Waals surface area contributed by atoms with E-state index in [0.29, 0.717) is 34.2 Å². The summed E-state index contributed by atoms with van der Waals surface area (Å²) in [5.74, 6) is -1.49. The van der Waals surface area contributed by atoms with Crippen LogP contribution in [0, 0.1) is 17.1 Å². The molecule has 0 aromatic heterocycles. The Labute approximate surface area is 204 Å². The highest BCUT2D eigenvalue weighted by atomic mass is 32.2. The van der Waals surface area contributed by atoms with Crippen LogP contribution in [0.5, 0.6) is 5.75 Å². The van der Waals surface area contributed by atoms with Gasteiger partial charge in [-0.05, 0) is 42.1 Å². The van der Waals surface area contributed by atoms with E-state index >= 15 is 0 Å². The third-order valence-corrected chi connectivity index (χ3v) is 5.96. The molecular formula is C26H18FN3O4S. The van der Waals surface area contributed by atoms with E-state index in [4.69, 9.17) is 4.74 Å². The van der Waals surface area contributed by atoms with Crippen LogP contribution in [0.25, 0.3) is 6.08 Å². The molecule has 1 aliphatic heterocycles. The Morgan fingerprint density at radius 1 is 1.06 bits per heavy atom. The zero-order valence-electron chi connectivity index (χ0n) is 18.2. The SMILES string of the molecule is N#Cc1ccccc1COc1ccccc1/C=C1\SC(=O)N(CC(=O)Nc2ccccc2F)C1=O. The van der Waals surface area contributed by atoms with Crippen molar-refractivity contribution in [2.24, 2.45) is 0 Å². The lowest BCUT2D eigenvalue weighted by atomic mass is 10.1. The van der Waals surface area contributed by atoms with Crippen LogP contribution in [0.2, 0.25) is 0 Å². The van der Waals surface area contributed by atoms with E-state index in [9.17, 15) is 24.0 Å². The van der Waals surface area contributed by atoms with Gasteiger partial charge in [-0.2, -0.15) is 5.26 Å². The maximum Gasteiger partial charge on any atom is 0.294 e. The lowest BCUT2D eigenvalue weighted by molar-refractivity contribution is -0.127. The smallest absolute Gasteiger partial charge is 0.294 e. The van der Waals surface area contributed by atoms with Gasteiger partial charge in [0, 0.05) is 11.1 Å². The van der Waals surface area contributed by atoms with Crippen LogP contribution >= 0.6 is 11.8 Å². The molecular weight excluding hydrogens is 469 g/mol. The van der Waals surface area contributed by atoms with Gasteiger partial charge in [0.2, 0.25) is 5.91 Å². The summed E-state index contributed by atoms with van der Waals surface area (Å²) in [7, 11) is 0. The third-order valence-electron chi connectivity index (χ3n) is 5.05. The molecule has 3 aromatic carbocycles. The lowest BCUT2D eigenvalue weighted by Crippen LogP contribution is -2.36. The first-order valence-electron chi connectivity index (χ1n) is 10.5. The number of benzene rings is 3. The van der Waals surface area contributed by atoms with E-state index in [-0.39, 0.29) is 17.2 Å². The van der Waals surface area contributed by atoms with Gasteiger partial charge in [0.1, 0.15) is 24.7 Å². The summed E-state index contributed by atoms with van der Waals surface area (Å²) in [6.07, 6.45) is 1.52. The maximum absolute atomic E-state index is 13.8. The topological polar surface area (TPSA) is 99.5 Å². The molecule has 0 aliphatic carbocycles. The number of hydrogen-bond donors (Lipinski definition) is 1. The molecule has 3 aromatic rings. The average molecular weight is 488 g/mol. The summed E-state index contributed by atoms with van der Waals surface area (Å²) >= 11 is 0.703. The lowest BCUT2D eigenvalue weighted by Gasteiger charge is -2.13. The number of rotatable bonds is 7. The van der Waals surface area contributed by atoms with Gasteiger partial charge in [-0.25, -0.2) is 4.39 Å². The second-order valence-corrected chi connectivity index (χ2v) is 8.38. The first-order chi connectivity index (χ1) is 17.0. The quantitative estimate of drug-likeness (QED) is 0.474. The molecule has 0 saturated carbocycles. The zero-order valence-corrected chi connectivity index (χ0v) is 19.0. The Bertz CT molecular complexity index is 1380. The van der Waals surface area contributed by atoms with Crippen molar-refractivity contribution in [3.63, 3.8) is 0 Å². The van der Waals surface area contributed by atoms with Crippen molar-refractivity contribution in [1.82, 2.24) is 4.90 Å². The number of para-hydroxylation sites is 2. The monoisotopic (exact) mass is 487 g/mol. The Balaban J connectivity index is 1.47. The van der Waals surface area contributed by atoms with Crippen LogP contribution in [0.1, 0.15) is 16.7 Å². The van der Waals surface area contributed by atoms with Crippen molar-refractivity contribution in [3.05, 3.63) is 100 Å². The number of nitriles is 1. The van der Waals surface area contributed by atoms with Gasteiger partial charge >= 0.3 is 0 Å². The van der Waals surface area contributed by atoms with Crippen molar-refractivity contribution in [3.8, 4) is 11.8 Å². The summed E-state index contributed by atoms with van der Waals surface area (Å²) in [4.78, 5) is 38.5. The molecule has 35 heavy (non-hydrogen) atoms. The van der Waals surface area contributed by atoms with E-state index in [1.165, 1.54) is 24.3 Å². The highest BCUT2D eigenvalue weighted by Crippen LogP contribution is 2.34. The van der Waals surface area contributed by atoms with Gasteiger partial charge in [-0.15, -0.1) is 0 Å². The van der Waals surface area contributed by atoms with Gasteiger partial charge in [-0.1, -0.05) is 48.5 Å². The number of carbonyl (C=O) groups excluding carboxylic acids is 3. The van der Waals surface area contributed by atoms with Crippen LogP contribution < -0.4 is 10.1 Å². The van der Waals surface area contributed by atoms with Crippen LogP contribution in [-0.4, -0.2) is 28.5 Å². The predicted octanol–water partition coefficient (Wildman–Crippen LogP) is 4.95. The Hall–Kier alpha value is -4.42. The molecule has 7 nitrogen and oxygen atoms in total. The minimum Gasteiger partial charge on any atom is -0.488 e. The molecule has 3 amide bonds. The Morgan fingerprint density at radius 3 is 2.57 bits per heavy atom. The van der Waals surface area contributed by atoms with E-state index in [2.05, 4.69) is 11.4 Å². The summed E-state index contributed by atoms with van der Waals surface area (Å²) in [5, 5.41) is 11.0. The van der Waals surface area contributed by atoms with Crippen molar-refractivity contribution in [2.75, 3.05) is 11.9 Å². The van der Waals surface area contributed by atoms with Crippen molar-refractivity contribution in [2.45, 2.75) is 6.61 Å². The second-order valence-electron chi connectivity index (χ2n) is 7.39. The van der Waals surface area contributed by atoms with Gasteiger partial charge < -0.3 is 10.1 Å². The Kier molecular flexibility index (Phi) is 7.24. The normalized spacial score (nSPS) is 14.2. The Morgan fingerprint density at radius 2 is 1.77 bits per heavy atom. The van der Waals surface area contributed by atoms with Gasteiger partial charge in [0.05, 0.1) is 22.2 Å². The minimum absolute atomic E-state index is 0.0379. The summed E-state index contributed by atoms with van der Waals surface area (Å²) in [6, 6.07) is 21.8. The van der Waals surface area contributed by atoms with Gasteiger partial charge in [0.15, 0.2) is 0 Å². The fourth-order valence-electron chi connectivity index (χ4n) is 3.32. The van der Waals surface area contributed by atoms with E-state index in [0.717, 1.165) is 4.90 Å². The van der Waals surface area contributed by atoms with Crippen LogP contribution in [0.3, 0.4) is 0 Å². The third kappa shape index (κ3) is 5.57. The number of nitrogens with one attached hydrogen (secondary N) is 1. The average Bonchev–Trinajstić information content (AvgIpc) is 3.12. The number of amides is 3. The number of anilines is 1. The van der Waals surface area contributed by atoms with Gasteiger partial charge in [-0.3, -0.25) is 19.3 Å². The molecule has 9 heteroatoms. The number of nitrogens with zero attached hydrogens (tertiary/aromatic N) is 2. The maximum atomic E-state index is 13.8. The molecule has 1 aliphatic rings. The van der Waals surface area contributed by atoms with Crippen LogP contribution in [0.4, 0.5) is 14.9 Å². The molecule has 0 atom stereocenters. The number of imide groups is 1. The van der Waals surface area contributed by atoms with Crippen molar-refractivity contribution in [1.29, 1.82) is 5.26 Å². The fourth-order valence-corrected chi connectivity index (χ4v) is 4.14. The number of hydrogen-bond acceptors (Lipinski definition) is 6. The van der Waals surface area contributed by atoms with Crippen LogP contribution in [-0.2, 0) is 16.2 Å². The summed E-state index contributed by atoms with van der Waals surface area (Å²) < 4.78 is 19.7. The zero-order chi connectivity index (χ0) is 24.8. The highest BCUT2D eigenvalue weighted by molar-refractivity contribution is 8.18. The molecule has 0 radical (unpaired) electrons. The van der Waals surface area contributed by atoms with Crippen molar-refractivity contribution >= 4 is 40.6 Å². The second kappa shape index (κ2) is 10.7. The van der Waals surface area contributed by atoms with E-state index < -0.39 is 29.4 Å². The number of halogens is 1. The van der Waals surface area contributed by atoms with E-state index in [1.807, 2.05) is 6.07 Å². The first kappa shape index (κ1) is 23.7. The molecule has 1 fully saturated rings. The van der Waals surface area contributed by atoms with Crippen LogP contribution in [0.15, 0.2) is 77.7 Å².